The van der Waals surface area contributed by atoms with Crippen molar-refractivity contribution in [3.63, 3.8) is 0 Å². The molecule has 100 valence electrons. The van der Waals surface area contributed by atoms with Gasteiger partial charge in [-0.2, -0.15) is 0 Å². The van der Waals surface area contributed by atoms with E-state index >= 15 is 0 Å². The number of hydrogen-bond donors (Lipinski definition) is 1. The zero-order valence-corrected chi connectivity index (χ0v) is 10.1. The lowest BCUT2D eigenvalue weighted by Crippen LogP contribution is -2.46. The van der Waals surface area contributed by atoms with Crippen molar-refractivity contribution in [2.45, 2.75) is 25.8 Å². The van der Waals surface area contributed by atoms with Crippen LogP contribution in [0.3, 0.4) is 0 Å². The number of nitrogens with two attached hydrogens (primary N) is 1. The number of rotatable bonds is 4. The van der Waals surface area contributed by atoms with Gasteiger partial charge >= 0.3 is 5.97 Å². The fourth-order valence-electron chi connectivity index (χ4n) is 1.57. The van der Waals surface area contributed by atoms with Gasteiger partial charge in [-0.05, 0) is 19.4 Å². The van der Waals surface area contributed by atoms with E-state index < -0.39 is 34.5 Å². The normalized spacial score (nSPS) is 14.1. The number of carbonyl (C=O) groups is 1. The highest BCUT2D eigenvalue weighted by Crippen LogP contribution is 2.28. The highest BCUT2D eigenvalue weighted by molar-refractivity contribution is 5.82. The average molecular weight is 261 g/mol. The highest BCUT2D eigenvalue weighted by Gasteiger charge is 2.38. The van der Waals surface area contributed by atoms with Crippen LogP contribution in [-0.2, 0) is 15.1 Å². The first-order chi connectivity index (χ1) is 8.36. The van der Waals surface area contributed by atoms with Gasteiger partial charge in [-0.15, -0.1) is 0 Å². The van der Waals surface area contributed by atoms with Crippen LogP contribution >= 0.6 is 0 Å². The van der Waals surface area contributed by atoms with Crippen molar-refractivity contribution in [1.82, 2.24) is 0 Å². The lowest BCUT2D eigenvalue weighted by molar-refractivity contribution is -0.150. The topological polar surface area (TPSA) is 52.3 Å². The van der Waals surface area contributed by atoms with E-state index in [1.54, 1.807) is 6.92 Å². The molecule has 0 fully saturated rings. The average Bonchev–Trinajstić information content (AvgIpc) is 2.33. The maximum absolute atomic E-state index is 13.6. The summed E-state index contributed by atoms with van der Waals surface area (Å²) in [7, 11) is 0. The van der Waals surface area contributed by atoms with E-state index in [4.69, 9.17) is 10.5 Å². The molecule has 1 unspecified atom stereocenters. The molecule has 0 saturated heterocycles. The van der Waals surface area contributed by atoms with Crippen LogP contribution in [0.25, 0.3) is 0 Å². The first-order valence-electron chi connectivity index (χ1n) is 5.48. The first-order valence-corrected chi connectivity index (χ1v) is 5.48. The number of ether oxygens (including phenoxy) is 1. The van der Waals surface area contributed by atoms with Crippen LogP contribution in [0.1, 0.15) is 25.8 Å². The fraction of sp³-hybridized carbons (Fsp3) is 0.417. The van der Waals surface area contributed by atoms with Crippen molar-refractivity contribution in [3.8, 4) is 0 Å². The molecule has 3 nitrogen and oxygen atoms in total. The van der Waals surface area contributed by atoms with E-state index in [2.05, 4.69) is 0 Å². The van der Waals surface area contributed by atoms with Gasteiger partial charge in [0.2, 0.25) is 0 Å². The van der Waals surface area contributed by atoms with Crippen LogP contribution in [0, 0.1) is 17.5 Å². The van der Waals surface area contributed by atoms with Crippen LogP contribution < -0.4 is 5.73 Å². The Morgan fingerprint density at radius 3 is 2.28 bits per heavy atom. The summed E-state index contributed by atoms with van der Waals surface area (Å²) in [6, 6.07) is 0.951. The molecule has 0 saturated carbocycles. The Hall–Kier alpha value is -1.56. The van der Waals surface area contributed by atoms with E-state index in [-0.39, 0.29) is 13.0 Å². The number of hydrogen-bond acceptors (Lipinski definition) is 3. The van der Waals surface area contributed by atoms with Gasteiger partial charge in [0.05, 0.1) is 6.61 Å². The SMILES string of the molecule is CCOC(=O)C(N)(CC)c1cc(F)c(F)cc1F. The molecule has 18 heavy (non-hydrogen) atoms. The van der Waals surface area contributed by atoms with E-state index in [0.717, 1.165) is 0 Å². The summed E-state index contributed by atoms with van der Waals surface area (Å²) in [6.07, 6.45) is -0.00613. The summed E-state index contributed by atoms with van der Waals surface area (Å²) in [6.45, 7) is 3.15. The van der Waals surface area contributed by atoms with Crippen molar-refractivity contribution < 1.29 is 22.7 Å². The molecule has 0 spiro atoms. The smallest absolute Gasteiger partial charge is 0.330 e. The molecule has 0 radical (unpaired) electrons. The van der Waals surface area contributed by atoms with E-state index in [9.17, 15) is 18.0 Å². The van der Waals surface area contributed by atoms with Crippen LogP contribution in [0.2, 0.25) is 0 Å². The summed E-state index contributed by atoms with van der Waals surface area (Å²) in [5.74, 6) is -4.55. The summed E-state index contributed by atoms with van der Waals surface area (Å²) >= 11 is 0. The second kappa shape index (κ2) is 5.39. The Labute approximate surface area is 103 Å². The van der Waals surface area contributed by atoms with Crippen molar-refractivity contribution >= 4 is 5.97 Å². The third kappa shape index (κ3) is 2.48. The van der Waals surface area contributed by atoms with E-state index in [0.29, 0.717) is 12.1 Å². The van der Waals surface area contributed by atoms with Gasteiger partial charge in [0, 0.05) is 11.6 Å². The van der Waals surface area contributed by atoms with Crippen LogP contribution in [0.5, 0.6) is 0 Å². The van der Waals surface area contributed by atoms with Crippen molar-refractivity contribution in [3.05, 3.63) is 35.1 Å². The molecule has 2 N–H and O–H groups in total. The molecule has 0 amide bonds. The van der Waals surface area contributed by atoms with Crippen LogP contribution in [0.4, 0.5) is 13.2 Å². The lowest BCUT2D eigenvalue weighted by atomic mass is 9.88. The molecular formula is C12H14F3NO2. The molecule has 1 aromatic carbocycles. The Bertz CT molecular complexity index is 465. The minimum Gasteiger partial charge on any atom is -0.464 e. The minimum atomic E-state index is -1.82. The highest BCUT2D eigenvalue weighted by atomic mass is 19.2. The third-order valence-corrected chi connectivity index (χ3v) is 2.69. The monoisotopic (exact) mass is 261 g/mol. The van der Waals surface area contributed by atoms with Gasteiger partial charge in [-0.3, -0.25) is 0 Å². The molecule has 0 heterocycles. The Kier molecular flexibility index (Phi) is 4.34. The van der Waals surface area contributed by atoms with E-state index in [1.807, 2.05) is 0 Å². The molecule has 6 heteroatoms. The Morgan fingerprint density at radius 2 is 1.78 bits per heavy atom. The van der Waals surface area contributed by atoms with Gasteiger partial charge in [-0.1, -0.05) is 6.92 Å². The second-order valence-electron chi connectivity index (χ2n) is 3.79. The molecule has 0 bridgehead atoms. The zero-order valence-electron chi connectivity index (χ0n) is 10.1. The van der Waals surface area contributed by atoms with Crippen molar-refractivity contribution in [1.29, 1.82) is 0 Å². The van der Waals surface area contributed by atoms with Gasteiger partial charge < -0.3 is 10.5 Å². The molecule has 0 aliphatic carbocycles. The second-order valence-corrected chi connectivity index (χ2v) is 3.79. The maximum Gasteiger partial charge on any atom is 0.330 e. The number of halogens is 3. The minimum absolute atomic E-state index is 0.00613. The zero-order chi connectivity index (χ0) is 13.9. The summed E-state index contributed by atoms with van der Waals surface area (Å²) < 4.78 is 44.3. The molecule has 1 aromatic rings. The molecule has 1 rings (SSSR count). The molecular weight excluding hydrogens is 247 g/mol. The van der Waals surface area contributed by atoms with E-state index in [1.165, 1.54) is 6.92 Å². The Morgan fingerprint density at radius 1 is 1.22 bits per heavy atom. The van der Waals surface area contributed by atoms with Crippen molar-refractivity contribution in [2.75, 3.05) is 6.61 Å². The van der Waals surface area contributed by atoms with Gasteiger partial charge in [0.15, 0.2) is 11.6 Å². The summed E-state index contributed by atoms with van der Waals surface area (Å²) in [4.78, 5) is 11.7. The molecule has 0 aliphatic heterocycles. The first kappa shape index (κ1) is 14.5. The standard InChI is InChI=1S/C12H14F3NO2/c1-3-12(16,11(17)18-4-2)7-5-9(14)10(15)6-8(7)13/h5-6H,3-4,16H2,1-2H3. The number of esters is 1. The van der Waals surface area contributed by atoms with Crippen LogP contribution in [-0.4, -0.2) is 12.6 Å². The van der Waals surface area contributed by atoms with Crippen LogP contribution in [0.15, 0.2) is 12.1 Å². The van der Waals surface area contributed by atoms with Gasteiger partial charge in [0.25, 0.3) is 0 Å². The fourth-order valence-corrected chi connectivity index (χ4v) is 1.57. The third-order valence-electron chi connectivity index (χ3n) is 2.69. The molecule has 0 aliphatic rings. The number of benzene rings is 1. The number of carbonyl (C=O) groups excluding carboxylic acids is 1. The largest absolute Gasteiger partial charge is 0.464 e. The maximum atomic E-state index is 13.6. The summed E-state index contributed by atoms with van der Waals surface area (Å²) in [5, 5.41) is 0. The van der Waals surface area contributed by atoms with Gasteiger partial charge in [0.1, 0.15) is 11.4 Å². The van der Waals surface area contributed by atoms with Gasteiger partial charge in [-0.25, -0.2) is 18.0 Å². The molecule has 1 atom stereocenters. The lowest BCUT2D eigenvalue weighted by Gasteiger charge is -2.26. The summed E-state index contributed by atoms with van der Waals surface area (Å²) in [5.41, 5.74) is 3.53. The predicted molar refractivity (Wildman–Crippen MR) is 59.1 cm³/mol. The van der Waals surface area contributed by atoms with Crippen molar-refractivity contribution in [2.24, 2.45) is 5.73 Å². The quantitative estimate of drug-likeness (QED) is 0.668. The molecule has 0 aromatic heterocycles. The Balaban J connectivity index is 3.32. The predicted octanol–water partition coefficient (Wildman–Crippen LogP) is 2.23.